The van der Waals surface area contributed by atoms with Crippen LogP contribution in [0.1, 0.15) is 10.4 Å². The molecule has 1 N–H and O–H groups in total. The van der Waals surface area contributed by atoms with Gasteiger partial charge in [0.25, 0.3) is 5.91 Å². The van der Waals surface area contributed by atoms with Crippen molar-refractivity contribution < 1.29 is 19.1 Å². The molecule has 0 heterocycles. The van der Waals surface area contributed by atoms with E-state index in [1.165, 1.54) is 18.2 Å². The molecule has 0 bridgehead atoms. The molecule has 0 saturated heterocycles. The summed E-state index contributed by atoms with van der Waals surface area (Å²) in [6.45, 7) is -0.531. The van der Waals surface area contributed by atoms with Crippen LogP contribution in [-0.4, -0.2) is 23.5 Å². The van der Waals surface area contributed by atoms with Gasteiger partial charge in [-0.3, -0.25) is 14.5 Å². The van der Waals surface area contributed by atoms with Crippen LogP contribution in [0.15, 0.2) is 54.6 Å². The Morgan fingerprint density at radius 1 is 1.00 bits per heavy atom. The highest BCUT2D eigenvalue weighted by Crippen LogP contribution is 2.18. The third-order valence-electron chi connectivity index (χ3n) is 2.71. The smallest absolute Gasteiger partial charge is 0.323 e. The number of hydrogen-bond acceptors (Lipinski definition) is 2. The number of amides is 1. The van der Waals surface area contributed by atoms with Gasteiger partial charge in [-0.2, -0.15) is 0 Å². The molecule has 2 aromatic carbocycles. The van der Waals surface area contributed by atoms with E-state index in [2.05, 4.69) is 0 Å². The summed E-state index contributed by atoms with van der Waals surface area (Å²) in [5.41, 5.74) is 0.251. The van der Waals surface area contributed by atoms with Gasteiger partial charge in [-0.05, 0) is 24.3 Å². The highest BCUT2D eigenvalue weighted by Gasteiger charge is 2.22. The minimum Gasteiger partial charge on any atom is -0.480 e. The predicted octanol–water partition coefficient (Wildman–Crippen LogP) is 2.56. The zero-order chi connectivity index (χ0) is 14.5. The van der Waals surface area contributed by atoms with E-state index in [0.29, 0.717) is 5.69 Å². The molecule has 20 heavy (non-hydrogen) atoms. The van der Waals surface area contributed by atoms with Crippen molar-refractivity contribution in [3.63, 3.8) is 0 Å². The number of carboxylic acids is 1. The SMILES string of the molecule is O=C(O)CN(C(=O)c1ccccc1F)c1ccccc1. The Morgan fingerprint density at radius 2 is 1.60 bits per heavy atom. The number of carbonyl (C=O) groups excluding carboxylic acids is 1. The predicted molar refractivity (Wildman–Crippen MR) is 72.2 cm³/mol. The van der Waals surface area contributed by atoms with Crippen LogP contribution in [0.5, 0.6) is 0 Å². The molecule has 0 fully saturated rings. The summed E-state index contributed by atoms with van der Waals surface area (Å²) < 4.78 is 13.7. The summed E-state index contributed by atoms with van der Waals surface area (Å²) in [4.78, 5) is 24.3. The van der Waals surface area contributed by atoms with Crippen LogP contribution >= 0.6 is 0 Å². The molecular weight excluding hydrogens is 261 g/mol. The first-order valence-corrected chi connectivity index (χ1v) is 5.93. The highest BCUT2D eigenvalue weighted by molar-refractivity contribution is 6.08. The molecule has 0 aromatic heterocycles. The van der Waals surface area contributed by atoms with Gasteiger partial charge in [0.05, 0.1) is 5.56 Å². The Hall–Kier alpha value is -2.69. The zero-order valence-corrected chi connectivity index (χ0v) is 10.5. The number of carboxylic acid groups (broad SMARTS) is 1. The lowest BCUT2D eigenvalue weighted by atomic mass is 10.1. The summed E-state index contributed by atoms with van der Waals surface area (Å²) in [6, 6.07) is 13.8. The second-order valence-electron chi connectivity index (χ2n) is 4.10. The number of aliphatic carboxylic acids is 1. The van der Waals surface area contributed by atoms with Crippen molar-refractivity contribution in [3.05, 3.63) is 66.0 Å². The van der Waals surface area contributed by atoms with E-state index in [1.807, 2.05) is 0 Å². The topological polar surface area (TPSA) is 57.6 Å². The van der Waals surface area contributed by atoms with Crippen LogP contribution in [0.4, 0.5) is 10.1 Å². The van der Waals surface area contributed by atoms with Crippen molar-refractivity contribution in [2.45, 2.75) is 0 Å². The fourth-order valence-corrected chi connectivity index (χ4v) is 1.80. The van der Waals surface area contributed by atoms with E-state index in [1.54, 1.807) is 30.3 Å². The normalized spacial score (nSPS) is 10.1. The summed E-state index contributed by atoms with van der Waals surface area (Å²) in [5, 5.41) is 8.92. The van der Waals surface area contributed by atoms with Gasteiger partial charge in [0.2, 0.25) is 0 Å². The van der Waals surface area contributed by atoms with Crippen molar-refractivity contribution in [1.29, 1.82) is 0 Å². The maximum Gasteiger partial charge on any atom is 0.323 e. The highest BCUT2D eigenvalue weighted by atomic mass is 19.1. The van der Waals surface area contributed by atoms with Gasteiger partial charge in [-0.15, -0.1) is 0 Å². The average molecular weight is 273 g/mol. The van der Waals surface area contributed by atoms with E-state index >= 15 is 0 Å². The van der Waals surface area contributed by atoms with Gasteiger partial charge >= 0.3 is 5.97 Å². The lowest BCUT2D eigenvalue weighted by Crippen LogP contribution is -2.36. The van der Waals surface area contributed by atoms with Crippen molar-refractivity contribution in [2.75, 3.05) is 11.4 Å². The first-order chi connectivity index (χ1) is 9.59. The van der Waals surface area contributed by atoms with Crippen molar-refractivity contribution in [1.82, 2.24) is 0 Å². The maximum atomic E-state index is 13.7. The summed E-state index contributed by atoms with van der Waals surface area (Å²) >= 11 is 0. The molecule has 0 unspecified atom stereocenters. The van der Waals surface area contributed by atoms with Gasteiger partial charge < -0.3 is 5.11 Å². The lowest BCUT2D eigenvalue weighted by Gasteiger charge is -2.21. The molecule has 2 rings (SSSR count). The van der Waals surface area contributed by atoms with Crippen LogP contribution in [0.2, 0.25) is 0 Å². The van der Waals surface area contributed by atoms with E-state index in [4.69, 9.17) is 5.11 Å². The van der Waals surface area contributed by atoms with Crippen molar-refractivity contribution in [2.24, 2.45) is 0 Å². The minimum atomic E-state index is -1.17. The standard InChI is InChI=1S/C15H12FNO3/c16-13-9-5-4-8-12(13)15(20)17(10-14(18)19)11-6-2-1-3-7-11/h1-9H,10H2,(H,18,19). The molecule has 1 amide bonds. The molecule has 102 valence electrons. The van der Waals surface area contributed by atoms with Crippen molar-refractivity contribution in [3.8, 4) is 0 Å². The number of hydrogen-bond donors (Lipinski definition) is 1. The largest absolute Gasteiger partial charge is 0.480 e. The van der Waals surface area contributed by atoms with Gasteiger partial charge in [-0.1, -0.05) is 30.3 Å². The Bertz CT molecular complexity index is 628. The van der Waals surface area contributed by atoms with E-state index in [0.717, 1.165) is 11.0 Å². The Labute approximate surface area is 115 Å². The monoisotopic (exact) mass is 273 g/mol. The molecule has 0 aliphatic rings. The molecule has 0 spiro atoms. The number of benzene rings is 2. The summed E-state index contributed by atoms with van der Waals surface area (Å²) in [7, 11) is 0. The van der Waals surface area contributed by atoms with Crippen LogP contribution in [0.3, 0.4) is 0 Å². The molecule has 0 aliphatic heterocycles. The summed E-state index contributed by atoms with van der Waals surface area (Å²) in [6.07, 6.45) is 0. The van der Waals surface area contributed by atoms with Crippen LogP contribution < -0.4 is 4.90 Å². The van der Waals surface area contributed by atoms with Crippen LogP contribution in [-0.2, 0) is 4.79 Å². The first-order valence-electron chi connectivity index (χ1n) is 5.93. The number of carbonyl (C=O) groups is 2. The minimum absolute atomic E-state index is 0.155. The zero-order valence-electron chi connectivity index (χ0n) is 10.5. The quantitative estimate of drug-likeness (QED) is 0.931. The van der Waals surface area contributed by atoms with Gasteiger partial charge in [0, 0.05) is 5.69 Å². The molecular formula is C15H12FNO3. The Balaban J connectivity index is 2.40. The molecule has 4 nitrogen and oxygen atoms in total. The molecule has 0 aliphatic carbocycles. The second-order valence-corrected chi connectivity index (χ2v) is 4.10. The number of rotatable bonds is 4. The Morgan fingerprint density at radius 3 is 2.20 bits per heavy atom. The number of nitrogens with zero attached hydrogens (tertiary/aromatic N) is 1. The molecule has 2 aromatic rings. The van der Waals surface area contributed by atoms with Gasteiger partial charge in [0.15, 0.2) is 0 Å². The van der Waals surface area contributed by atoms with E-state index < -0.39 is 24.2 Å². The number of para-hydroxylation sites is 1. The molecule has 5 heteroatoms. The average Bonchev–Trinajstić information content (AvgIpc) is 2.45. The lowest BCUT2D eigenvalue weighted by molar-refractivity contribution is -0.135. The molecule has 0 atom stereocenters. The third-order valence-corrected chi connectivity index (χ3v) is 2.71. The second kappa shape index (κ2) is 5.97. The van der Waals surface area contributed by atoms with Crippen LogP contribution in [0.25, 0.3) is 0 Å². The fraction of sp³-hybridized carbons (Fsp3) is 0.0667. The number of halogens is 1. The van der Waals surface area contributed by atoms with Crippen molar-refractivity contribution >= 4 is 17.6 Å². The van der Waals surface area contributed by atoms with E-state index in [-0.39, 0.29) is 5.56 Å². The maximum absolute atomic E-state index is 13.7. The third kappa shape index (κ3) is 3.00. The van der Waals surface area contributed by atoms with E-state index in [9.17, 15) is 14.0 Å². The number of anilines is 1. The van der Waals surface area contributed by atoms with Gasteiger partial charge in [0.1, 0.15) is 12.4 Å². The molecule has 0 radical (unpaired) electrons. The first kappa shape index (κ1) is 13.7. The fourth-order valence-electron chi connectivity index (χ4n) is 1.80. The summed E-state index contributed by atoms with van der Waals surface area (Å²) in [5.74, 6) is -2.53. The Kier molecular flexibility index (Phi) is 4.10. The van der Waals surface area contributed by atoms with Crippen LogP contribution in [0, 0.1) is 5.82 Å². The molecule has 0 saturated carbocycles. The van der Waals surface area contributed by atoms with Gasteiger partial charge in [-0.25, -0.2) is 4.39 Å².